The van der Waals surface area contributed by atoms with Crippen molar-refractivity contribution in [1.29, 1.82) is 0 Å². The third-order valence-corrected chi connectivity index (χ3v) is 1.86. The van der Waals surface area contributed by atoms with Crippen molar-refractivity contribution in [2.24, 2.45) is 5.73 Å². The standard InChI is InChI=1S/C11H16N2/c1-3-11(9(2)12)13-10-7-5-4-6-8-10/h3-9,13H,12H2,1-2H3/b11-3-/t9-/m0/s1. The summed E-state index contributed by atoms with van der Waals surface area (Å²) in [7, 11) is 0. The molecule has 0 saturated heterocycles. The number of hydrogen-bond acceptors (Lipinski definition) is 2. The average Bonchev–Trinajstić information content (AvgIpc) is 2.15. The van der Waals surface area contributed by atoms with Gasteiger partial charge in [0.2, 0.25) is 0 Å². The SMILES string of the molecule is C/C=C(\Nc1ccccc1)[C@H](C)N. The summed E-state index contributed by atoms with van der Waals surface area (Å²) in [5.74, 6) is 0. The van der Waals surface area contributed by atoms with Gasteiger partial charge in [-0.15, -0.1) is 0 Å². The zero-order valence-corrected chi connectivity index (χ0v) is 8.12. The van der Waals surface area contributed by atoms with Crippen molar-refractivity contribution in [1.82, 2.24) is 0 Å². The number of nitrogens with one attached hydrogen (secondary N) is 1. The Labute approximate surface area is 79.5 Å². The summed E-state index contributed by atoms with van der Waals surface area (Å²) in [6.45, 7) is 3.94. The first-order valence-corrected chi connectivity index (χ1v) is 4.48. The summed E-state index contributed by atoms with van der Waals surface area (Å²) in [5.41, 5.74) is 7.89. The van der Waals surface area contributed by atoms with Crippen LogP contribution in [-0.2, 0) is 0 Å². The highest BCUT2D eigenvalue weighted by Crippen LogP contribution is 2.10. The van der Waals surface area contributed by atoms with Gasteiger partial charge in [0.05, 0.1) is 0 Å². The largest absolute Gasteiger partial charge is 0.358 e. The zero-order valence-electron chi connectivity index (χ0n) is 8.12. The van der Waals surface area contributed by atoms with Gasteiger partial charge in [0.1, 0.15) is 0 Å². The molecule has 2 nitrogen and oxygen atoms in total. The van der Waals surface area contributed by atoms with Crippen molar-refractivity contribution in [3.63, 3.8) is 0 Å². The number of hydrogen-bond donors (Lipinski definition) is 2. The Bertz CT molecular complexity index is 275. The van der Waals surface area contributed by atoms with E-state index in [9.17, 15) is 0 Å². The van der Waals surface area contributed by atoms with E-state index in [-0.39, 0.29) is 6.04 Å². The van der Waals surface area contributed by atoms with Gasteiger partial charge in [0.15, 0.2) is 0 Å². The van der Waals surface area contributed by atoms with Gasteiger partial charge in [-0.25, -0.2) is 0 Å². The summed E-state index contributed by atoms with van der Waals surface area (Å²) in [5, 5.41) is 3.26. The minimum Gasteiger partial charge on any atom is -0.358 e. The number of para-hydroxylation sites is 1. The topological polar surface area (TPSA) is 38.0 Å². The second kappa shape index (κ2) is 4.67. The molecular weight excluding hydrogens is 160 g/mol. The van der Waals surface area contributed by atoms with E-state index < -0.39 is 0 Å². The molecule has 0 aliphatic heterocycles. The molecule has 0 fully saturated rings. The molecule has 1 aromatic rings. The minimum absolute atomic E-state index is 0.0465. The molecule has 1 rings (SSSR count). The maximum atomic E-state index is 5.76. The van der Waals surface area contributed by atoms with E-state index in [4.69, 9.17) is 5.73 Å². The van der Waals surface area contributed by atoms with Crippen LogP contribution < -0.4 is 11.1 Å². The predicted molar refractivity (Wildman–Crippen MR) is 57.5 cm³/mol. The Morgan fingerprint density at radius 2 is 2.00 bits per heavy atom. The van der Waals surface area contributed by atoms with Gasteiger partial charge in [-0.3, -0.25) is 0 Å². The molecule has 0 spiro atoms. The van der Waals surface area contributed by atoms with E-state index in [1.165, 1.54) is 0 Å². The fraction of sp³-hybridized carbons (Fsp3) is 0.273. The van der Waals surface area contributed by atoms with Crippen LogP contribution in [0, 0.1) is 0 Å². The normalized spacial score (nSPS) is 13.9. The zero-order chi connectivity index (χ0) is 9.68. The first-order valence-electron chi connectivity index (χ1n) is 4.48. The quantitative estimate of drug-likeness (QED) is 0.742. The van der Waals surface area contributed by atoms with Crippen LogP contribution in [-0.4, -0.2) is 6.04 Å². The number of anilines is 1. The number of rotatable bonds is 3. The van der Waals surface area contributed by atoms with Crippen LogP contribution >= 0.6 is 0 Å². The van der Waals surface area contributed by atoms with Gasteiger partial charge >= 0.3 is 0 Å². The smallest absolute Gasteiger partial charge is 0.0415 e. The van der Waals surface area contributed by atoms with Crippen LogP contribution in [0.25, 0.3) is 0 Å². The van der Waals surface area contributed by atoms with Crippen LogP contribution in [0.15, 0.2) is 42.1 Å². The van der Waals surface area contributed by atoms with Gasteiger partial charge in [0.25, 0.3) is 0 Å². The summed E-state index contributed by atoms with van der Waals surface area (Å²) >= 11 is 0. The Kier molecular flexibility index (Phi) is 3.53. The molecule has 0 aromatic heterocycles. The second-order valence-corrected chi connectivity index (χ2v) is 3.02. The molecule has 0 aliphatic carbocycles. The molecule has 0 heterocycles. The van der Waals surface area contributed by atoms with Crippen LogP contribution in [0.1, 0.15) is 13.8 Å². The van der Waals surface area contributed by atoms with Crippen LogP contribution in [0.5, 0.6) is 0 Å². The highest BCUT2D eigenvalue weighted by Gasteiger charge is 2.00. The lowest BCUT2D eigenvalue weighted by atomic mass is 10.2. The lowest BCUT2D eigenvalue weighted by molar-refractivity contribution is 0.863. The molecule has 0 radical (unpaired) electrons. The Morgan fingerprint density at radius 3 is 2.46 bits per heavy atom. The average molecular weight is 176 g/mol. The van der Waals surface area contributed by atoms with Gasteiger partial charge < -0.3 is 11.1 Å². The van der Waals surface area contributed by atoms with Gasteiger partial charge in [-0.2, -0.15) is 0 Å². The van der Waals surface area contributed by atoms with Crippen molar-refractivity contribution >= 4 is 5.69 Å². The predicted octanol–water partition coefficient (Wildman–Crippen LogP) is 2.35. The van der Waals surface area contributed by atoms with Crippen molar-refractivity contribution < 1.29 is 0 Å². The van der Waals surface area contributed by atoms with E-state index in [0.29, 0.717) is 0 Å². The minimum atomic E-state index is 0.0465. The van der Waals surface area contributed by atoms with Crippen LogP contribution in [0.2, 0.25) is 0 Å². The van der Waals surface area contributed by atoms with Crippen LogP contribution in [0.4, 0.5) is 5.69 Å². The molecule has 0 aliphatic rings. The molecule has 1 atom stereocenters. The fourth-order valence-corrected chi connectivity index (χ4v) is 1.14. The van der Waals surface area contributed by atoms with E-state index >= 15 is 0 Å². The van der Waals surface area contributed by atoms with Crippen LogP contribution in [0.3, 0.4) is 0 Å². The molecule has 0 saturated carbocycles. The van der Waals surface area contributed by atoms with Gasteiger partial charge in [0, 0.05) is 17.4 Å². The first-order chi connectivity index (χ1) is 6.24. The third-order valence-electron chi connectivity index (χ3n) is 1.86. The number of allylic oxidation sites excluding steroid dienone is 1. The summed E-state index contributed by atoms with van der Waals surface area (Å²) in [6, 6.07) is 10.1. The molecule has 0 unspecified atom stereocenters. The lowest BCUT2D eigenvalue weighted by Crippen LogP contribution is -2.22. The monoisotopic (exact) mass is 176 g/mol. The fourth-order valence-electron chi connectivity index (χ4n) is 1.14. The Balaban J connectivity index is 2.69. The van der Waals surface area contributed by atoms with Crippen molar-refractivity contribution in [3.8, 4) is 0 Å². The molecule has 13 heavy (non-hydrogen) atoms. The van der Waals surface area contributed by atoms with Gasteiger partial charge in [-0.1, -0.05) is 24.3 Å². The molecule has 1 aromatic carbocycles. The van der Waals surface area contributed by atoms with E-state index in [2.05, 4.69) is 5.32 Å². The Morgan fingerprint density at radius 1 is 1.38 bits per heavy atom. The molecule has 70 valence electrons. The lowest BCUT2D eigenvalue weighted by Gasteiger charge is -2.13. The maximum Gasteiger partial charge on any atom is 0.0415 e. The molecular formula is C11H16N2. The highest BCUT2D eigenvalue weighted by molar-refractivity contribution is 5.48. The highest BCUT2D eigenvalue weighted by atomic mass is 14.9. The third kappa shape index (κ3) is 2.92. The molecule has 0 amide bonds. The summed E-state index contributed by atoms with van der Waals surface area (Å²) in [6.07, 6.45) is 2.00. The van der Waals surface area contributed by atoms with E-state index in [0.717, 1.165) is 11.4 Å². The van der Waals surface area contributed by atoms with Gasteiger partial charge in [-0.05, 0) is 26.0 Å². The summed E-state index contributed by atoms with van der Waals surface area (Å²) < 4.78 is 0. The first kappa shape index (κ1) is 9.81. The van der Waals surface area contributed by atoms with Crippen molar-refractivity contribution in [2.45, 2.75) is 19.9 Å². The maximum absolute atomic E-state index is 5.76. The Hall–Kier alpha value is -1.28. The van der Waals surface area contributed by atoms with E-state index in [1.54, 1.807) is 0 Å². The van der Waals surface area contributed by atoms with E-state index in [1.807, 2.05) is 50.3 Å². The van der Waals surface area contributed by atoms with Crippen molar-refractivity contribution in [2.75, 3.05) is 5.32 Å². The molecule has 2 heteroatoms. The number of nitrogens with two attached hydrogens (primary N) is 1. The molecule has 0 bridgehead atoms. The second-order valence-electron chi connectivity index (χ2n) is 3.02. The summed E-state index contributed by atoms with van der Waals surface area (Å²) in [4.78, 5) is 0. The van der Waals surface area contributed by atoms with Crippen molar-refractivity contribution in [3.05, 3.63) is 42.1 Å². The number of benzene rings is 1. The molecule has 3 N–H and O–H groups in total.